The Kier molecular flexibility index (Phi) is 6.98. The van der Waals surface area contributed by atoms with Crippen LogP contribution in [0.1, 0.15) is 63.9 Å². The second-order valence-electron chi connectivity index (χ2n) is 7.23. The summed E-state index contributed by atoms with van der Waals surface area (Å²) in [7, 11) is 0. The molecule has 2 heterocycles. The van der Waals surface area contributed by atoms with E-state index in [2.05, 4.69) is 47.8 Å². The molecule has 1 unspecified atom stereocenters. The molecule has 1 saturated heterocycles. The molecule has 0 spiro atoms. The number of hydrogen-bond acceptors (Lipinski definition) is 3. The van der Waals surface area contributed by atoms with Crippen molar-refractivity contribution < 1.29 is 0 Å². The molecular weight excluding hydrogens is 298 g/mol. The first-order valence-corrected chi connectivity index (χ1v) is 9.03. The Hall–Kier alpha value is -1.68. The van der Waals surface area contributed by atoms with Crippen LogP contribution in [-0.2, 0) is 0 Å². The Morgan fingerprint density at radius 3 is 2.88 bits per heavy atom. The van der Waals surface area contributed by atoms with Gasteiger partial charge in [-0.15, -0.1) is 0 Å². The highest BCUT2D eigenvalue weighted by atomic mass is 16.1. The Labute approximate surface area is 145 Å². The molecule has 0 bridgehead atoms. The van der Waals surface area contributed by atoms with Crippen molar-refractivity contribution in [3.05, 3.63) is 51.2 Å². The van der Waals surface area contributed by atoms with Crippen molar-refractivity contribution in [2.75, 3.05) is 19.6 Å². The molecule has 1 fully saturated rings. The third-order valence-electron chi connectivity index (χ3n) is 4.59. The van der Waals surface area contributed by atoms with Gasteiger partial charge in [-0.1, -0.05) is 23.3 Å². The first-order chi connectivity index (χ1) is 11.4. The zero-order valence-electron chi connectivity index (χ0n) is 15.6. The Balaban J connectivity index is 1.91. The van der Waals surface area contributed by atoms with Crippen LogP contribution >= 0.6 is 0 Å². The first-order valence-electron chi connectivity index (χ1n) is 9.03. The molecule has 1 aromatic heterocycles. The molecule has 4 nitrogen and oxygen atoms in total. The zero-order chi connectivity index (χ0) is 17.5. The van der Waals surface area contributed by atoms with Gasteiger partial charge in [-0.05, 0) is 59.9 Å². The van der Waals surface area contributed by atoms with Crippen LogP contribution in [0.25, 0.3) is 0 Å². The average molecular weight is 329 g/mol. The molecule has 1 aromatic rings. The third-order valence-corrected chi connectivity index (χ3v) is 4.59. The lowest BCUT2D eigenvalue weighted by Crippen LogP contribution is -2.35. The van der Waals surface area contributed by atoms with E-state index in [0.717, 1.165) is 44.6 Å². The highest BCUT2D eigenvalue weighted by Crippen LogP contribution is 2.25. The fourth-order valence-corrected chi connectivity index (χ4v) is 3.25. The molecule has 4 heteroatoms. The van der Waals surface area contributed by atoms with Gasteiger partial charge in [0.1, 0.15) is 5.82 Å². The molecule has 0 aromatic carbocycles. The molecule has 1 atom stereocenters. The van der Waals surface area contributed by atoms with Crippen molar-refractivity contribution in [3.63, 3.8) is 0 Å². The molecular formula is C20H31N3O. The smallest absolute Gasteiger partial charge is 0.251 e. The molecule has 1 aliphatic heterocycles. The monoisotopic (exact) mass is 329 g/mol. The van der Waals surface area contributed by atoms with Crippen molar-refractivity contribution in [1.29, 1.82) is 0 Å². The van der Waals surface area contributed by atoms with Gasteiger partial charge >= 0.3 is 0 Å². The number of nitrogens with zero attached hydrogens (tertiary/aromatic N) is 2. The van der Waals surface area contributed by atoms with Gasteiger partial charge in [0.25, 0.3) is 5.56 Å². The van der Waals surface area contributed by atoms with E-state index in [4.69, 9.17) is 0 Å². The second-order valence-corrected chi connectivity index (χ2v) is 7.23. The number of aryl methyl sites for hydroxylation is 1. The van der Waals surface area contributed by atoms with Gasteiger partial charge in [0.15, 0.2) is 0 Å². The minimum Gasteiger partial charge on any atom is -0.311 e. The summed E-state index contributed by atoms with van der Waals surface area (Å²) >= 11 is 0. The highest BCUT2D eigenvalue weighted by Gasteiger charge is 2.22. The predicted molar refractivity (Wildman–Crippen MR) is 100 cm³/mol. The quantitative estimate of drug-likeness (QED) is 0.804. The maximum absolute atomic E-state index is 11.7. The zero-order valence-corrected chi connectivity index (χ0v) is 15.6. The first kappa shape index (κ1) is 18.7. The van der Waals surface area contributed by atoms with Crippen LogP contribution in [0.4, 0.5) is 0 Å². The lowest BCUT2D eigenvalue weighted by atomic mass is 9.94. The van der Waals surface area contributed by atoms with Gasteiger partial charge in [0.05, 0.1) is 5.69 Å². The van der Waals surface area contributed by atoms with Crippen LogP contribution < -0.4 is 5.56 Å². The summed E-state index contributed by atoms with van der Waals surface area (Å²) in [6.07, 6.45) is 9.21. The Morgan fingerprint density at radius 2 is 2.17 bits per heavy atom. The van der Waals surface area contributed by atoms with E-state index in [9.17, 15) is 4.79 Å². The number of rotatable bonds is 6. The summed E-state index contributed by atoms with van der Waals surface area (Å²) in [5, 5.41) is 0. The van der Waals surface area contributed by atoms with Crippen LogP contribution in [0.2, 0.25) is 0 Å². The van der Waals surface area contributed by atoms with E-state index in [-0.39, 0.29) is 5.56 Å². The van der Waals surface area contributed by atoms with Gasteiger partial charge < -0.3 is 4.98 Å². The van der Waals surface area contributed by atoms with Gasteiger partial charge in [-0.25, -0.2) is 4.98 Å². The van der Waals surface area contributed by atoms with Crippen LogP contribution in [-0.4, -0.2) is 34.5 Å². The second kappa shape index (κ2) is 8.97. The summed E-state index contributed by atoms with van der Waals surface area (Å²) in [6.45, 7) is 11.5. The number of aromatic nitrogens is 2. The average Bonchev–Trinajstić information content (AvgIpc) is 2.52. The van der Waals surface area contributed by atoms with E-state index < -0.39 is 0 Å². The van der Waals surface area contributed by atoms with E-state index >= 15 is 0 Å². The largest absolute Gasteiger partial charge is 0.311 e. The molecule has 1 aliphatic rings. The fourth-order valence-electron chi connectivity index (χ4n) is 3.25. The number of nitrogens with one attached hydrogen (secondary N) is 1. The summed E-state index contributed by atoms with van der Waals surface area (Å²) in [4.78, 5) is 21.4. The van der Waals surface area contributed by atoms with Gasteiger partial charge in [0.2, 0.25) is 0 Å². The predicted octanol–water partition coefficient (Wildman–Crippen LogP) is 3.95. The molecule has 24 heavy (non-hydrogen) atoms. The lowest BCUT2D eigenvalue weighted by molar-refractivity contribution is 0.225. The van der Waals surface area contributed by atoms with Crippen molar-refractivity contribution in [1.82, 2.24) is 14.9 Å². The number of piperidine rings is 1. The molecule has 0 radical (unpaired) electrons. The molecule has 132 valence electrons. The van der Waals surface area contributed by atoms with Gasteiger partial charge in [-0.3, -0.25) is 9.69 Å². The molecule has 0 amide bonds. The van der Waals surface area contributed by atoms with E-state index in [1.54, 1.807) is 6.07 Å². The van der Waals surface area contributed by atoms with Crippen LogP contribution in [0, 0.1) is 6.92 Å². The van der Waals surface area contributed by atoms with Crippen molar-refractivity contribution in [2.45, 2.75) is 59.3 Å². The number of hydrogen-bond donors (Lipinski definition) is 1. The summed E-state index contributed by atoms with van der Waals surface area (Å²) in [6, 6.07) is 1.67. The van der Waals surface area contributed by atoms with E-state index in [1.807, 2.05) is 6.92 Å². The summed E-state index contributed by atoms with van der Waals surface area (Å²) in [5.74, 6) is 1.09. The fraction of sp³-hybridized carbons (Fsp3) is 0.600. The Bertz CT molecular complexity index is 653. The number of aromatic amines is 1. The van der Waals surface area contributed by atoms with E-state index in [1.165, 1.54) is 17.6 Å². The van der Waals surface area contributed by atoms with Crippen LogP contribution in [0.15, 0.2) is 34.2 Å². The van der Waals surface area contributed by atoms with E-state index in [0.29, 0.717) is 11.7 Å². The van der Waals surface area contributed by atoms with Crippen LogP contribution in [0.5, 0.6) is 0 Å². The minimum atomic E-state index is -0.0374. The maximum Gasteiger partial charge on any atom is 0.251 e. The van der Waals surface area contributed by atoms with Crippen LogP contribution in [0.3, 0.4) is 0 Å². The standard InChI is InChI=1S/C20H31N3O/c1-15(2)7-5-8-16(3)10-12-23-11-6-9-18(14-23)19-13-20(24)22-17(4)21-19/h7,10,13,18H,5-6,8-9,11-12,14H2,1-4H3,(H,21,22,24). The molecule has 2 rings (SSSR count). The minimum absolute atomic E-state index is 0.0374. The molecule has 0 saturated carbocycles. The van der Waals surface area contributed by atoms with Gasteiger partial charge in [-0.2, -0.15) is 0 Å². The topological polar surface area (TPSA) is 49.0 Å². The van der Waals surface area contributed by atoms with Crippen molar-refractivity contribution in [2.24, 2.45) is 0 Å². The van der Waals surface area contributed by atoms with Crippen molar-refractivity contribution in [3.8, 4) is 0 Å². The summed E-state index contributed by atoms with van der Waals surface area (Å²) in [5.41, 5.74) is 3.76. The number of H-pyrrole nitrogens is 1. The highest BCUT2D eigenvalue weighted by molar-refractivity contribution is 5.11. The van der Waals surface area contributed by atoms with Gasteiger partial charge in [0, 0.05) is 25.1 Å². The third kappa shape index (κ3) is 6.08. The Morgan fingerprint density at radius 1 is 1.38 bits per heavy atom. The normalized spacial score (nSPS) is 19.3. The van der Waals surface area contributed by atoms with Crippen molar-refractivity contribution >= 4 is 0 Å². The SMILES string of the molecule is CC(C)=CCCC(C)=CCN1CCCC(c2cc(=O)[nH]c(C)n2)C1. The molecule has 1 N–H and O–H groups in total. The number of allylic oxidation sites excluding steroid dienone is 3. The lowest BCUT2D eigenvalue weighted by Gasteiger charge is -2.31. The maximum atomic E-state index is 11.7. The molecule has 0 aliphatic carbocycles. The number of likely N-dealkylation sites (tertiary alicyclic amines) is 1. The summed E-state index contributed by atoms with van der Waals surface area (Å²) < 4.78 is 0.